The second kappa shape index (κ2) is 7.70. The average molecular weight is 355 g/mol. The third kappa shape index (κ3) is 3.77. The summed E-state index contributed by atoms with van der Waals surface area (Å²) in [5, 5.41) is 2.68. The number of hydrogen-bond acceptors (Lipinski definition) is 6. The number of benzene rings is 1. The Labute approximate surface area is 153 Å². The molecule has 3 rings (SSSR count). The average Bonchev–Trinajstić information content (AvgIpc) is 2.86. The third-order valence-electron chi connectivity index (χ3n) is 4.62. The summed E-state index contributed by atoms with van der Waals surface area (Å²) in [6.45, 7) is 5.97. The summed E-state index contributed by atoms with van der Waals surface area (Å²) in [6.07, 6.45) is 0.896. The fraction of sp³-hybridized carbons (Fsp3) is 0.421. The van der Waals surface area contributed by atoms with E-state index in [1.807, 2.05) is 38.1 Å². The monoisotopic (exact) mass is 355 g/mol. The highest BCUT2D eigenvalue weighted by Gasteiger charge is 2.27. The lowest BCUT2D eigenvalue weighted by atomic mass is 9.97. The molecule has 1 atom stereocenters. The summed E-state index contributed by atoms with van der Waals surface area (Å²) in [6, 6.07) is 7.65. The van der Waals surface area contributed by atoms with Crippen LogP contribution in [0.5, 0.6) is 0 Å². The Morgan fingerprint density at radius 2 is 2.12 bits per heavy atom. The number of nitrogen functional groups attached to an aromatic ring is 1. The zero-order valence-corrected chi connectivity index (χ0v) is 15.5. The normalized spacial score (nSPS) is 17.7. The van der Waals surface area contributed by atoms with Crippen LogP contribution in [0.25, 0.3) is 0 Å². The summed E-state index contributed by atoms with van der Waals surface area (Å²) in [7, 11) is 1.63. The van der Waals surface area contributed by atoms with Crippen LogP contribution >= 0.6 is 0 Å². The first-order valence-electron chi connectivity index (χ1n) is 8.77. The van der Waals surface area contributed by atoms with Gasteiger partial charge in [-0.05, 0) is 43.5 Å². The first kappa shape index (κ1) is 18.1. The molecule has 7 heteroatoms. The summed E-state index contributed by atoms with van der Waals surface area (Å²) >= 11 is 0. The Morgan fingerprint density at radius 3 is 2.85 bits per heavy atom. The van der Waals surface area contributed by atoms with Crippen LogP contribution in [0, 0.1) is 13.8 Å². The highest BCUT2D eigenvalue weighted by molar-refractivity contribution is 5.94. The van der Waals surface area contributed by atoms with Gasteiger partial charge in [-0.3, -0.25) is 4.79 Å². The van der Waals surface area contributed by atoms with E-state index in [4.69, 9.17) is 10.5 Å². The highest BCUT2D eigenvalue weighted by Crippen LogP contribution is 2.31. The topological polar surface area (TPSA) is 93.4 Å². The van der Waals surface area contributed by atoms with Gasteiger partial charge in [0, 0.05) is 37.5 Å². The maximum atomic E-state index is 12.1. The second-order valence-electron chi connectivity index (χ2n) is 6.51. The molecule has 1 aromatic heterocycles. The zero-order valence-electron chi connectivity index (χ0n) is 15.5. The van der Waals surface area contributed by atoms with E-state index >= 15 is 0 Å². The van der Waals surface area contributed by atoms with E-state index in [1.54, 1.807) is 7.05 Å². The van der Waals surface area contributed by atoms with Gasteiger partial charge >= 0.3 is 0 Å². The first-order valence-corrected chi connectivity index (χ1v) is 8.77. The van der Waals surface area contributed by atoms with E-state index in [2.05, 4.69) is 20.2 Å². The number of aryl methyl sites for hydroxylation is 2. The molecule has 138 valence electrons. The van der Waals surface area contributed by atoms with Crippen molar-refractivity contribution in [2.45, 2.75) is 26.3 Å². The Bertz CT molecular complexity index is 788. The summed E-state index contributed by atoms with van der Waals surface area (Å²) in [5.74, 6) is 0.949. The van der Waals surface area contributed by atoms with E-state index in [-0.39, 0.29) is 17.9 Å². The predicted octanol–water partition coefficient (Wildman–Crippen LogP) is 2.00. The maximum absolute atomic E-state index is 12.1. The summed E-state index contributed by atoms with van der Waals surface area (Å²) in [5.41, 5.74) is 9.50. The van der Waals surface area contributed by atoms with Gasteiger partial charge in [0.2, 0.25) is 5.95 Å². The van der Waals surface area contributed by atoms with Gasteiger partial charge in [-0.2, -0.15) is 4.98 Å². The lowest BCUT2D eigenvalue weighted by molar-refractivity contribution is 0.0962. The van der Waals surface area contributed by atoms with Gasteiger partial charge in [-0.1, -0.05) is 6.07 Å². The Morgan fingerprint density at radius 1 is 1.31 bits per heavy atom. The molecule has 1 saturated heterocycles. The molecular weight excluding hydrogens is 330 g/mol. The van der Waals surface area contributed by atoms with Gasteiger partial charge in [-0.15, -0.1) is 0 Å². The molecule has 0 radical (unpaired) electrons. The zero-order chi connectivity index (χ0) is 18.7. The molecule has 7 nitrogen and oxygen atoms in total. The minimum absolute atomic E-state index is 0.0455. The van der Waals surface area contributed by atoms with Crippen LogP contribution in [-0.4, -0.2) is 42.7 Å². The number of carbonyl (C=O) groups is 1. The van der Waals surface area contributed by atoms with Crippen molar-refractivity contribution in [2.75, 3.05) is 37.4 Å². The number of aromatic nitrogens is 2. The molecule has 0 spiro atoms. The van der Waals surface area contributed by atoms with Crippen LogP contribution in [0.4, 0.5) is 11.8 Å². The molecule has 26 heavy (non-hydrogen) atoms. The smallest absolute Gasteiger partial charge is 0.251 e. The van der Waals surface area contributed by atoms with Crippen molar-refractivity contribution >= 4 is 17.7 Å². The predicted molar refractivity (Wildman–Crippen MR) is 101 cm³/mol. The standard InChI is InChI=1S/C19H25N5O2/c1-12-5-6-14(18(25)21-3)10-15(12)16-11-26-8-4-7-24(16)17-9-13(2)22-19(20)23-17/h5-6,9-10,16H,4,7-8,11H2,1-3H3,(H,21,25)(H2,20,22,23)/t16-/m0/s1. The van der Waals surface area contributed by atoms with E-state index in [0.29, 0.717) is 18.8 Å². The second-order valence-corrected chi connectivity index (χ2v) is 6.51. The molecular formula is C19H25N5O2. The molecule has 1 aliphatic rings. The number of rotatable bonds is 3. The van der Waals surface area contributed by atoms with Crippen molar-refractivity contribution < 1.29 is 9.53 Å². The number of carbonyl (C=O) groups excluding carboxylic acids is 1. The maximum Gasteiger partial charge on any atom is 0.251 e. The van der Waals surface area contributed by atoms with Crippen LogP contribution in [-0.2, 0) is 4.74 Å². The Kier molecular flexibility index (Phi) is 5.37. The summed E-state index contributed by atoms with van der Waals surface area (Å²) in [4.78, 5) is 22.9. The molecule has 2 heterocycles. The van der Waals surface area contributed by atoms with Gasteiger partial charge in [-0.25, -0.2) is 4.98 Å². The molecule has 0 bridgehead atoms. The van der Waals surface area contributed by atoms with E-state index in [1.165, 1.54) is 0 Å². The first-order chi connectivity index (χ1) is 12.5. The molecule has 0 aliphatic carbocycles. The number of ether oxygens (including phenoxy) is 1. The lowest BCUT2D eigenvalue weighted by Gasteiger charge is -2.32. The highest BCUT2D eigenvalue weighted by atomic mass is 16.5. The number of nitrogens with zero attached hydrogens (tertiary/aromatic N) is 3. The van der Waals surface area contributed by atoms with Gasteiger partial charge in [0.25, 0.3) is 5.91 Å². The van der Waals surface area contributed by atoms with Crippen LogP contribution in [0.15, 0.2) is 24.3 Å². The van der Waals surface area contributed by atoms with Gasteiger partial charge < -0.3 is 20.7 Å². The van der Waals surface area contributed by atoms with Crippen molar-refractivity contribution in [3.8, 4) is 0 Å². The van der Waals surface area contributed by atoms with Crippen LogP contribution < -0.4 is 16.0 Å². The molecule has 1 fully saturated rings. The fourth-order valence-electron chi connectivity index (χ4n) is 3.32. The van der Waals surface area contributed by atoms with Crippen LogP contribution in [0.1, 0.15) is 39.6 Å². The molecule has 0 saturated carbocycles. The van der Waals surface area contributed by atoms with Gasteiger partial charge in [0.15, 0.2) is 0 Å². The largest absolute Gasteiger partial charge is 0.379 e. The molecule has 0 unspecified atom stereocenters. The Hall–Kier alpha value is -2.67. The molecule has 1 amide bonds. The molecule has 1 aliphatic heterocycles. The number of nitrogens with two attached hydrogens (primary N) is 1. The minimum atomic E-state index is -0.102. The molecule has 2 aromatic rings. The van der Waals surface area contributed by atoms with E-state index in [9.17, 15) is 4.79 Å². The van der Waals surface area contributed by atoms with Crippen molar-refractivity contribution in [2.24, 2.45) is 0 Å². The van der Waals surface area contributed by atoms with Crippen LogP contribution in [0.3, 0.4) is 0 Å². The molecule has 3 N–H and O–H groups in total. The van der Waals surface area contributed by atoms with Crippen LogP contribution in [0.2, 0.25) is 0 Å². The quantitative estimate of drug-likeness (QED) is 0.875. The summed E-state index contributed by atoms with van der Waals surface area (Å²) < 4.78 is 5.84. The van der Waals surface area contributed by atoms with Crippen molar-refractivity contribution in [3.05, 3.63) is 46.6 Å². The number of hydrogen-bond donors (Lipinski definition) is 2. The van der Waals surface area contributed by atoms with Crippen molar-refractivity contribution in [1.29, 1.82) is 0 Å². The fourth-order valence-corrected chi connectivity index (χ4v) is 3.32. The Balaban J connectivity index is 2.06. The van der Waals surface area contributed by atoms with Gasteiger partial charge in [0.1, 0.15) is 5.82 Å². The number of amides is 1. The number of nitrogens with one attached hydrogen (secondary N) is 1. The van der Waals surface area contributed by atoms with E-state index < -0.39 is 0 Å². The van der Waals surface area contributed by atoms with E-state index in [0.717, 1.165) is 35.6 Å². The van der Waals surface area contributed by atoms with Crippen molar-refractivity contribution in [3.63, 3.8) is 0 Å². The lowest BCUT2D eigenvalue weighted by Crippen LogP contribution is -2.32. The minimum Gasteiger partial charge on any atom is -0.379 e. The molecule has 1 aromatic carbocycles. The van der Waals surface area contributed by atoms with Gasteiger partial charge in [0.05, 0.1) is 12.6 Å². The van der Waals surface area contributed by atoms with Crippen molar-refractivity contribution in [1.82, 2.24) is 15.3 Å². The number of anilines is 2. The third-order valence-corrected chi connectivity index (χ3v) is 4.62. The SMILES string of the molecule is CNC(=O)c1ccc(C)c([C@@H]2COCCCN2c2cc(C)nc(N)n2)c1.